The van der Waals surface area contributed by atoms with E-state index in [0.29, 0.717) is 43.9 Å². The van der Waals surface area contributed by atoms with Crippen LogP contribution in [0.4, 0.5) is 17.6 Å². The Labute approximate surface area is 554 Å². The zero-order valence-corrected chi connectivity index (χ0v) is 58.1. The summed E-state index contributed by atoms with van der Waals surface area (Å²) in [5.74, 6) is 0.428. The molecule has 23 nitrogen and oxygen atoms in total. The average Bonchev–Trinajstić information content (AvgIpc) is 1.82. The number of aryl methyl sites for hydroxylation is 8. The fraction of sp³-hybridized carbons (Fsp3) is 0.688. The summed E-state index contributed by atoms with van der Waals surface area (Å²) in [7, 11) is 12.3. The number of aromatic nitrogens is 10. The maximum atomic E-state index is 12.8. The van der Waals surface area contributed by atoms with E-state index in [2.05, 4.69) is 30.8 Å². The molecule has 5 amide bonds. The summed E-state index contributed by atoms with van der Waals surface area (Å²) in [5.41, 5.74) is 6.55. The number of nitrogens with zero attached hydrogens (tertiary/aromatic N) is 15. The summed E-state index contributed by atoms with van der Waals surface area (Å²) in [6.07, 6.45) is 11.2. The van der Waals surface area contributed by atoms with Crippen LogP contribution >= 0.6 is 23.2 Å². The van der Waals surface area contributed by atoms with Gasteiger partial charge in [-0.05, 0) is 138 Å². The molecule has 5 saturated heterocycles. The number of carbonyl (C=O) groups is 5. The van der Waals surface area contributed by atoms with E-state index in [9.17, 15) is 41.5 Å². The zero-order chi connectivity index (χ0) is 68.5. The van der Waals surface area contributed by atoms with Crippen molar-refractivity contribution in [3.05, 3.63) is 85.8 Å². The van der Waals surface area contributed by atoms with Crippen LogP contribution in [0.15, 0.2) is 12.4 Å². The lowest BCUT2D eigenvalue weighted by molar-refractivity contribution is 0.0426. The van der Waals surface area contributed by atoms with E-state index >= 15 is 0 Å². The van der Waals surface area contributed by atoms with Crippen molar-refractivity contribution in [3.8, 4) is 0 Å². The van der Waals surface area contributed by atoms with Crippen LogP contribution in [0.25, 0.3) is 0 Å². The zero-order valence-electron chi connectivity index (χ0n) is 56.5. The number of aliphatic hydroxyl groups excluding tert-OH is 1. The second-order valence-electron chi connectivity index (χ2n) is 24.7. The smallest absolute Gasteiger partial charge is 0.282 e. The summed E-state index contributed by atoms with van der Waals surface area (Å²) in [4.78, 5) is 71.7. The number of rotatable bonds is 15. The number of ether oxygens (including phenoxy) is 1. The molecule has 0 aromatic carbocycles. The van der Waals surface area contributed by atoms with Crippen molar-refractivity contribution in [2.24, 2.45) is 35.2 Å². The van der Waals surface area contributed by atoms with E-state index in [1.54, 1.807) is 26.1 Å². The van der Waals surface area contributed by atoms with E-state index in [0.717, 1.165) is 141 Å². The van der Waals surface area contributed by atoms with Gasteiger partial charge in [0, 0.05) is 141 Å². The van der Waals surface area contributed by atoms with Crippen LogP contribution < -0.4 is 5.32 Å². The molecule has 10 rings (SSSR count). The van der Waals surface area contributed by atoms with Gasteiger partial charge in [0.2, 0.25) is 0 Å². The Hall–Kier alpha value is -6.42. The lowest BCUT2D eigenvalue weighted by Gasteiger charge is -2.35. The Bertz CT molecular complexity index is 3000. The third kappa shape index (κ3) is 18.5. The Morgan fingerprint density at radius 1 is 0.516 bits per heavy atom. The van der Waals surface area contributed by atoms with Crippen LogP contribution in [0.1, 0.15) is 200 Å². The highest BCUT2D eigenvalue weighted by Gasteiger charge is 2.37. The third-order valence-corrected chi connectivity index (χ3v) is 18.9. The molecule has 10 heterocycles. The Kier molecular flexibility index (Phi) is 28.7. The number of methoxy groups -OCH3 is 1. The highest BCUT2D eigenvalue weighted by atomic mass is 35.5. The number of hydrogen-bond acceptors (Lipinski definition) is 13. The highest BCUT2D eigenvalue weighted by molar-refractivity contribution is 6.18. The average molecular weight is 1350 g/mol. The number of amides is 5. The van der Waals surface area contributed by atoms with Gasteiger partial charge in [0.25, 0.3) is 42.4 Å². The molecule has 3 unspecified atom stereocenters. The number of aliphatic hydroxyl groups is 1. The van der Waals surface area contributed by atoms with Gasteiger partial charge in [-0.15, -0.1) is 23.2 Å². The monoisotopic (exact) mass is 1350 g/mol. The fourth-order valence-corrected chi connectivity index (χ4v) is 13.8. The van der Waals surface area contributed by atoms with Gasteiger partial charge in [-0.1, -0.05) is 0 Å². The number of halogens is 6. The van der Waals surface area contributed by atoms with E-state index < -0.39 is 36.1 Å². The molecule has 5 aromatic heterocycles. The van der Waals surface area contributed by atoms with Crippen molar-refractivity contribution in [2.75, 3.05) is 78.4 Å². The largest absolute Gasteiger partial charge is 0.394 e. The first kappa shape index (κ1) is 75.6. The Morgan fingerprint density at radius 2 is 0.860 bits per heavy atom. The summed E-state index contributed by atoms with van der Waals surface area (Å²) >= 11 is 11.6. The first-order valence-electron chi connectivity index (χ1n) is 32.3. The van der Waals surface area contributed by atoms with Crippen molar-refractivity contribution in [2.45, 2.75) is 174 Å². The lowest BCUT2D eigenvalue weighted by atomic mass is 9.98. The Balaban J connectivity index is 0.000000184. The van der Waals surface area contributed by atoms with Crippen molar-refractivity contribution < 1.29 is 51.4 Å². The molecule has 0 bridgehead atoms. The van der Waals surface area contributed by atoms with E-state index in [4.69, 9.17) is 33.0 Å². The maximum absolute atomic E-state index is 12.8. The SMILES string of the molecule is CNCC1CCCCN1C(=O)c1c(C)nn(C)c1C.COCC1CCCCN1C(=O)c1c(C)nn(C)c1C.Cc1nn(C)c(C)c1C(=O)N1CCCCC1CCCl.Cn1cc(C(=O)N2CCC[C@H]2CCl)c(C(F)F)n1.Cn1cc(C(=O)N2CCC[C@H]2CO)c(C(F)F)n1. The summed E-state index contributed by atoms with van der Waals surface area (Å²) < 4.78 is 64.2. The minimum Gasteiger partial charge on any atom is -0.394 e. The molecule has 5 atom stereocenters. The van der Waals surface area contributed by atoms with Gasteiger partial charge in [-0.2, -0.15) is 25.5 Å². The minimum atomic E-state index is -2.78. The normalized spacial score (nSPS) is 19.8. The van der Waals surface area contributed by atoms with Gasteiger partial charge in [0.15, 0.2) is 0 Å². The van der Waals surface area contributed by atoms with Crippen LogP contribution in [0.2, 0.25) is 0 Å². The van der Waals surface area contributed by atoms with E-state index in [1.165, 1.54) is 60.0 Å². The topological polar surface area (TPSA) is 232 Å². The molecule has 0 radical (unpaired) electrons. The number of piperidine rings is 3. The number of carbonyl (C=O) groups excluding carboxylic acids is 5. The molecule has 0 aliphatic carbocycles. The molecule has 518 valence electrons. The molecule has 5 aromatic rings. The van der Waals surface area contributed by atoms with Crippen molar-refractivity contribution in [3.63, 3.8) is 0 Å². The number of likely N-dealkylation sites (N-methyl/N-ethyl adjacent to an activating group) is 1. The molecule has 29 heteroatoms. The van der Waals surface area contributed by atoms with Gasteiger partial charge >= 0.3 is 0 Å². The predicted octanol–water partition coefficient (Wildman–Crippen LogP) is 8.75. The number of hydrogen-bond donors (Lipinski definition) is 2. The van der Waals surface area contributed by atoms with Crippen LogP contribution in [-0.2, 0) is 40.0 Å². The minimum absolute atomic E-state index is 0.0236. The van der Waals surface area contributed by atoms with Crippen LogP contribution in [0.3, 0.4) is 0 Å². The second kappa shape index (κ2) is 35.4. The van der Waals surface area contributed by atoms with Crippen molar-refractivity contribution in [1.29, 1.82) is 0 Å². The number of alkyl halides is 6. The Morgan fingerprint density at radius 3 is 1.22 bits per heavy atom. The summed E-state index contributed by atoms with van der Waals surface area (Å²) in [5, 5.41) is 32.6. The molecule has 93 heavy (non-hydrogen) atoms. The highest BCUT2D eigenvalue weighted by Crippen LogP contribution is 2.30. The molecule has 5 aliphatic heterocycles. The molecular formula is C64H98Cl2F4N16O7. The standard InChI is InChI=1S/C14H22ClN3O.C14H24N4O.C14H23N3O2.C11H14ClF2N3O.C11H15F2N3O2/c1-10-13(11(2)17(3)16-10)14(19)18-9-5-4-6-12(18)7-8-15;1-10-13(11(2)17(4)16-10)14(19)18-8-6-5-7-12(18)9-15-3;1-10-13(11(2)16(3)15-10)14(18)17-8-6-5-7-12(17)9-19-4;1-16-6-8(9(15-16)10(13)14)11(18)17-4-2-3-7(17)5-12;1-15-5-8(9(14-15)10(12)13)11(18)16-4-2-3-7(16)6-17/h12H,4-9H2,1-3H3;12,15H,5-9H2,1-4H3;12H,5-9H2,1-4H3;6-7,10H,2-5H2,1H3;5,7,10,17H,2-4,6H2,1H3/t;;;2*7-/m...00/s1. The van der Waals surface area contributed by atoms with Crippen molar-refractivity contribution in [1.82, 2.24) is 78.7 Å². The quantitative estimate of drug-likeness (QED) is 0.0738. The van der Waals surface area contributed by atoms with Crippen LogP contribution in [0, 0.1) is 41.5 Å². The van der Waals surface area contributed by atoms with Gasteiger partial charge in [-0.3, -0.25) is 47.4 Å². The van der Waals surface area contributed by atoms with Crippen LogP contribution in [0.5, 0.6) is 0 Å². The number of likely N-dealkylation sites (tertiary alicyclic amines) is 5. The van der Waals surface area contributed by atoms with Crippen LogP contribution in [-0.4, -0.2) is 217 Å². The van der Waals surface area contributed by atoms with Crippen molar-refractivity contribution >= 4 is 52.7 Å². The molecular weight excluding hydrogens is 1250 g/mol. The molecule has 0 spiro atoms. The predicted molar refractivity (Wildman–Crippen MR) is 347 cm³/mol. The number of nitrogens with one attached hydrogen (secondary N) is 1. The van der Waals surface area contributed by atoms with E-state index in [1.807, 2.05) is 84.4 Å². The van der Waals surface area contributed by atoms with E-state index in [-0.39, 0.29) is 59.6 Å². The first-order chi connectivity index (χ1) is 44.3. The maximum Gasteiger partial charge on any atom is 0.282 e. The second-order valence-corrected chi connectivity index (χ2v) is 25.4. The summed E-state index contributed by atoms with van der Waals surface area (Å²) in [6.45, 7) is 16.5. The molecule has 2 N–H and O–H groups in total. The first-order valence-corrected chi connectivity index (χ1v) is 33.4. The van der Waals surface area contributed by atoms with Gasteiger partial charge in [-0.25, -0.2) is 17.6 Å². The molecule has 5 aliphatic rings. The fourth-order valence-electron chi connectivity index (χ4n) is 13.3. The molecule has 5 fully saturated rings. The van der Waals surface area contributed by atoms with Gasteiger partial charge in [0.1, 0.15) is 11.4 Å². The lowest BCUT2D eigenvalue weighted by Crippen LogP contribution is -2.48. The third-order valence-electron chi connectivity index (χ3n) is 18.3. The van der Waals surface area contributed by atoms with Gasteiger partial charge < -0.3 is 39.7 Å². The summed E-state index contributed by atoms with van der Waals surface area (Å²) in [6, 6.07) is 0.460. The molecule has 0 saturated carbocycles. The van der Waals surface area contributed by atoms with Gasteiger partial charge in [0.05, 0.1) is 70.2 Å².